The molecular weight excluding hydrogens is 375 g/mol. The maximum Gasteiger partial charge on any atom is 0.149 e. The Hall–Kier alpha value is -1.99. The Morgan fingerprint density at radius 1 is 0.621 bits per heavy atom. The van der Waals surface area contributed by atoms with Gasteiger partial charge in [-0.05, 0) is 54.0 Å². The molecule has 152 valence electrons. The van der Waals surface area contributed by atoms with E-state index in [-0.39, 0.29) is 10.8 Å². The molecule has 3 aromatic rings. The maximum absolute atomic E-state index is 7.15. The molecule has 29 heavy (non-hydrogen) atoms. The zero-order chi connectivity index (χ0) is 21.4. The second-order valence-corrected chi connectivity index (χ2v) is 9.83. The van der Waals surface area contributed by atoms with E-state index < -0.39 is 9.03 Å². The number of benzene rings is 3. The van der Waals surface area contributed by atoms with E-state index in [1.165, 1.54) is 43.1 Å². The van der Waals surface area contributed by atoms with Crippen LogP contribution in [0, 0.1) is 20.9 Å². The van der Waals surface area contributed by atoms with Gasteiger partial charge in [0.1, 0.15) is 9.03 Å². The van der Waals surface area contributed by atoms with Gasteiger partial charge in [0, 0.05) is 0 Å². The highest BCUT2D eigenvalue weighted by atomic mass is 31.1. The van der Waals surface area contributed by atoms with Gasteiger partial charge in [0.2, 0.25) is 0 Å². The van der Waals surface area contributed by atoms with Crippen LogP contribution in [-0.2, 0) is 10.8 Å². The van der Waals surface area contributed by atoms with Gasteiger partial charge < -0.3 is 9.79 Å². The summed E-state index contributed by atoms with van der Waals surface area (Å²) in [6.45, 7) is 13.8. The third-order valence-corrected chi connectivity index (χ3v) is 5.53. The van der Waals surface area contributed by atoms with Crippen molar-refractivity contribution in [3.63, 3.8) is 0 Å². The van der Waals surface area contributed by atoms with Crippen molar-refractivity contribution in [3.05, 3.63) is 92.7 Å². The zero-order valence-corrected chi connectivity index (χ0v) is 19.2. The normalized spacial score (nSPS) is 12.3. The Morgan fingerprint density at radius 3 is 1.79 bits per heavy atom. The quantitative estimate of drug-likeness (QED) is 0.363. The van der Waals surface area contributed by atoms with Crippen LogP contribution >= 0.6 is 9.03 Å². The van der Waals surface area contributed by atoms with Gasteiger partial charge in [-0.3, -0.25) is 0 Å². The summed E-state index contributed by atoms with van der Waals surface area (Å²) in [5, 5.41) is 5.57. The van der Waals surface area contributed by atoms with Gasteiger partial charge in [0.25, 0.3) is 0 Å². The number of rotatable bonds is 1. The van der Waals surface area contributed by atoms with Crippen molar-refractivity contribution in [2.75, 3.05) is 0 Å². The van der Waals surface area contributed by atoms with Crippen LogP contribution < -0.4 is 0 Å². The molecule has 2 nitrogen and oxygen atoms in total. The summed E-state index contributed by atoms with van der Waals surface area (Å²) in [5.74, 6) is 0. The minimum absolute atomic E-state index is 0.0998. The lowest BCUT2D eigenvalue weighted by molar-refractivity contribution is 0.513. The van der Waals surface area contributed by atoms with E-state index in [4.69, 9.17) is 9.79 Å². The molecule has 2 N–H and O–H groups in total. The first-order valence-electron chi connectivity index (χ1n) is 10.0. The Bertz CT molecular complexity index is 1220. The van der Waals surface area contributed by atoms with Crippen LogP contribution in [0.3, 0.4) is 0 Å². The van der Waals surface area contributed by atoms with Crippen LogP contribution in [0.1, 0.15) is 52.7 Å². The van der Waals surface area contributed by atoms with Crippen LogP contribution in [0.5, 0.6) is 0 Å². The van der Waals surface area contributed by atoms with Crippen molar-refractivity contribution in [2.24, 2.45) is 0 Å². The van der Waals surface area contributed by atoms with Gasteiger partial charge in [-0.1, -0.05) is 102 Å². The molecule has 0 amide bonds. The molecule has 0 unspecified atom stereocenters. The van der Waals surface area contributed by atoms with E-state index in [0.717, 1.165) is 0 Å². The fraction of sp³-hybridized carbons (Fsp3) is 0.308. The molecule has 0 heterocycles. The summed E-state index contributed by atoms with van der Waals surface area (Å²) in [6.07, 6.45) is 0. The molecule has 0 spiro atoms. The Morgan fingerprint density at radius 2 is 1.21 bits per heavy atom. The molecule has 3 aromatic carbocycles. The van der Waals surface area contributed by atoms with E-state index in [2.05, 4.69) is 102 Å². The minimum Gasteiger partial charge on any atom is -0.352 e. The van der Waals surface area contributed by atoms with Crippen LogP contribution in [0.4, 0.5) is 0 Å². The summed E-state index contributed by atoms with van der Waals surface area (Å²) >= 11 is 0. The summed E-state index contributed by atoms with van der Waals surface area (Å²) < 4.78 is 0. The second kappa shape index (κ2) is 8.03. The van der Waals surface area contributed by atoms with Crippen molar-refractivity contribution in [1.29, 1.82) is 0 Å². The first-order chi connectivity index (χ1) is 13.6. The molecular formula is C26H31O2P. The fourth-order valence-corrected chi connectivity index (χ4v) is 4.03. The molecule has 4 rings (SSSR count). The summed E-state index contributed by atoms with van der Waals surface area (Å²) in [5.41, 5.74) is 5.84. The predicted octanol–water partition coefficient (Wildman–Crippen LogP) is 6.32. The van der Waals surface area contributed by atoms with Crippen LogP contribution in [0.15, 0.2) is 60.7 Å². The predicted molar refractivity (Wildman–Crippen MR) is 124 cm³/mol. The standard InChI is InChI=1S/C26H28.H3O2P/c1-25(2,3)17-14-15-19(23(16-17)26(4,5)6)22-13-9-12-21-18-10-7-8-11-20(18)24(21)22;1-3-2/h7-16H,1-6H3;1-3H. The van der Waals surface area contributed by atoms with E-state index in [1.54, 1.807) is 0 Å². The van der Waals surface area contributed by atoms with Gasteiger partial charge in [-0.2, -0.15) is 0 Å². The zero-order valence-electron chi connectivity index (χ0n) is 18.2. The lowest BCUT2D eigenvalue weighted by atomic mass is 9.76. The molecule has 0 saturated heterocycles. The first-order valence-corrected chi connectivity index (χ1v) is 10.9. The Balaban J connectivity index is 0.000000755. The highest BCUT2D eigenvalue weighted by molar-refractivity contribution is 7.23. The molecule has 0 saturated carbocycles. The van der Waals surface area contributed by atoms with E-state index in [0.29, 0.717) is 0 Å². The van der Waals surface area contributed by atoms with Crippen molar-refractivity contribution < 1.29 is 9.79 Å². The van der Waals surface area contributed by atoms with Gasteiger partial charge in [0.05, 0.1) is 0 Å². The highest BCUT2D eigenvalue weighted by Crippen LogP contribution is 2.38. The topological polar surface area (TPSA) is 40.5 Å². The average molecular weight is 407 g/mol. The van der Waals surface area contributed by atoms with Gasteiger partial charge in [-0.25, -0.2) is 0 Å². The SMILES string of the molecule is CC(C)(C)c1ccc(-c2cccc3c2=c2ccccc2=3)c(C(C)(C)C)c1.OPO. The molecule has 0 fully saturated rings. The second-order valence-electron chi connectivity index (χ2n) is 9.63. The van der Waals surface area contributed by atoms with Crippen molar-refractivity contribution >= 4 is 9.03 Å². The summed E-state index contributed by atoms with van der Waals surface area (Å²) in [7, 11) is -0.917. The summed E-state index contributed by atoms with van der Waals surface area (Å²) in [4.78, 5) is 14.3. The Kier molecular flexibility index (Phi) is 6.01. The largest absolute Gasteiger partial charge is 0.352 e. The van der Waals surface area contributed by atoms with Crippen molar-refractivity contribution in [2.45, 2.75) is 52.4 Å². The third-order valence-electron chi connectivity index (χ3n) is 5.53. The van der Waals surface area contributed by atoms with Crippen LogP contribution in [0.25, 0.3) is 11.1 Å². The van der Waals surface area contributed by atoms with E-state index in [1.807, 2.05) is 0 Å². The molecule has 0 atom stereocenters. The van der Waals surface area contributed by atoms with Crippen molar-refractivity contribution in [3.8, 4) is 11.1 Å². The average Bonchev–Trinajstić information content (AvgIpc) is 2.64. The summed E-state index contributed by atoms with van der Waals surface area (Å²) in [6, 6.07) is 22.6. The lowest BCUT2D eigenvalue weighted by Crippen LogP contribution is -2.17. The number of fused-ring (bicyclic) bond motifs is 2. The molecule has 0 bridgehead atoms. The van der Waals surface area contributed by atoms with E-state index in [9.17, 15) is 0 Å². The fourth-order valence-electron chi connectivity index (χ4n) is 4.03. The molecule has 0 aliphatic heterocycles. The minimum atomic E-state index is -0.917. The lowest BCUT2D eigenvalue weighted by Gasteiger charge is -2.28. The van der Waals surface area contributed by atoms with E-state index >= 15 is 0 Å². The first kappa shape index (κ1) is 21.7. The number of hydrogen-bond acceptors (Lipinski definition) is 2. The highest BCUT2D eigenvalue weighted by Gasteiger charge is 2.23. The van der Waals surface area contributed by atoms with Gasteiger partial charge in [-0.15, -0.1) is 0 Å². The maximum atomic E-state index is 7.15. The monoisotopic (exact) mass is 406 g/mol. The Labute approximate surface area is 175 Å². The molecule has 1 aliphatic rings. The van der Waals surface area contributed by atoms with Gasteiger partial charge in [0.15, 0.2) is 0 Å². The van der Waals surface area contributed by atoms with Gasteiger partial charge >= 0.3 is 0 Å². The molecule has 0 radical (unpaired) electrons. The molecule has 0 aromatic heterocycles. The van der Waals surface area contributed by atoms with Crippen LogP contribution in [0.2, 0.25) is 0 Å². The molecule has 3 heteroatoms. The number of hydrogen-bond donors (Lipinski definition) is 2. The third kappa shape index (κ3) is 4.16. The smallest absolute Gasteiger partial charge is 0.149 e. The van der Waals surface area contributed by atoms with Crippen LogP contribution in [-0.4, -0.2) is 9.79 Å². The van der Waals surface area contributed by atoms with Crippen molar-refractivity contribution in [1.82, 2.24) is 0 Å². The molecule has 1 aliphatic carbocycles.